The van der Waals surface area contributed by atoms with Crippen LogP contribution in [0.15, 0.2) is 18.2 Å². The molecule has 2 aromatic rings. The largest absolute Gasteiger partial charge is 0.378 e. The number of morpholine rings is 1. The summed E-state index contributed by atoms with van der Waals surface area (Å²) in [7, 11) is 1.87. The van der Waals surface area contributed by atoms with Gasteiger partial charge in [-0.3, -0.25) is 4.79 Å². The molecule has 0 saturated carbocycles. The van der Waals surface area contributed by atoms with E-state index < -0.39 is 11.6 Å². The van der Waals surface area contributed by atoms with E-state index in [1.54, 1.807) is 0 Å². The first-order chi connectivity index (χ1) is 12.9. The van der Waals surface area contributed by atoms with Crippen LogP contribution in [0, 0.1) is 16.4 Å². The van der Waals surface area contributed by atoms with Gasteiger partial charge in [0, 0.05) is 50.1 Å². The fourth-order valence-electron chi connectivity index (χ4n) is 4.02. The van der Waals surface area contributed by atoms with Gasteiger partial charge >= 0.3 is 0 Å². The SMILES string of the molecule is Cn1c(CC(=O)N2CCOCC2)c2n(c1=S)CC(c1cc(F)cc(F)c1)C2. The van der Waals surface area contributed by atoms with E-state index in [-0.39, 0.29) is 18.2 Å². The Labute approximate surface area is 161 Å². The normalized spacial score (nSPS) is 19.4. The maximum atomic E-state index is 13.6. The third-order valence-corrected chi connectivity index (χ3v) is 5.96. The lowest BCUT2D eigenvalue weighted by Gasteiger charge is -2.27. The number of ether oxygens (including phenoxy) is 1. The van der Waals surface area contributed by atoms with Crippen molar-refractivity contribution in [1.82, 2.24) is 14.0 Å². The fraction of sp³-hybridized carbons (Fsp3) is 0.474. The first-order valence-corrected chi connectivity index (χ1v) is 9.43. The van der Waals surface area contributed by atoms with Gasteiger partial charge in [0.05, 0.1) is 19.6 Å². The number of benzene rings is 1. The molecule has 2 aliphatic heterocycles. The molecule has 5 nitrogen and oxygen atoms in total. The third-order valence-electron chi connectivity index (χ3n) is 5.46. The number of halogens is 2. The van der Waals surface area contributed by atoms with Gasteiger partial charge in [0.25, 0.3) is 0 Å². The van der Waals surface area contributed by atoms with Gasteiger partial charge in [-0.2, -0.15) is 0 Å². The van der Waals surface area contributed by atoms with Gasteiger partial charge in [-0.15, -0.1) is 0 Å². The van der Waals surface area contributed by atoms with Gasteiger partial charge in [0.2, 0.25) is 5.91 Å². The van der Waals surface area contributed by atoms with Crippen molar-refractivity contribution >= 4 is 18.1 Å². The summed E-state index contributed by atoms with van der Waals surface area (Å²) < 4.78 is 37.0. The van der Waals surface area contributed by atoms with Crippen molar-refractivity contribution in [3.05, 3.63) is 51.6 Å². The van der Waals surface area contributed by atoms with Crippen molar-refractivity contribution in [2.75, 3.05) is 26.3 Å². The molecule has 144 valence electrons. The molecular weight excluding hydrogens is 372 g/mol. The average molecular weight is 393 g/mol. The lowest BCUT2D eigenvalue weighted by Crippen LogP contribution is -2.41. The van der Waals surface area contributed by atoms with Gasteiger partial charge in [-0.25, -0.2) is 8.78 Å². The minimum atomic E-state index is -0.576. The van der Waals surface area contributed by atoms with Crippen molar-refractivity contribution in [1.29, 1.82) is 0 Å². The molecular formula is C19H21F2N3O2S. The molecule has 1 amide bonds. The molecule has 1 aromatic heterocycles. The maximum absolute atomic E-state index is 13.6. The zero-order chi connectivity index (χ0) is 19.1. The highest BCUT2D eigenvalue weighted by Crippen LogP contribution is 2.33. The topological polar surface area (TPSA) is 39.4 Å². The molecule has 1 unspecified atom stereocenters. The second-order valence-corrected chi connectivity index (χ2v) is 7.48. The highest BCUT2D eigenvalue weighted by molar-refractivity contribution is 7.71. The van der Waals surface area contributed by atoms with Crippen LogP contribution in [0.3, 0.4) is 0 Å². The standard InChI is InChI=1S/C19H21F2N3O2S/c1-22-16(10-18(25)23-2-4-26-5-3-23)17-8-13(11-24(17)19(22)27)12-6-14(20)9-15(21)7-12/h6-7,9,13H,2-5,8,10-11H2,1H3. The molecule has 1 aromatic carbocycles. The van der Waals surface area contributed by atoms with Crippen LogP contribution >= 0.6 is 12.2 Å². The van der Waals surface area contributed by atoms with Crippen LogP contribution in [0.4, 0.5) is 8.78 Å². The van der Waals surface area contributed by atoms with E-state index in [4.69, 9.17) is 17.0 Å². The van der Waals surface area contributed by atoms with Crippen molar-refractivity contribution in [2.24, 2.45) is 7.05 Å². The lowest BCUT2D eigenvalue weighted by molar-refractivity contribution is -0.134. The van der Waals surface area contributed by atoms with Crippen molar-refractivity contribution in [3.63, 3.8) is 0 Å². The van der Waals surface area contributed by atoms with Crippen molar-refractivity contribution in [2.45, 2.75) is 25.3 Å². The van der Waals surface area contributed by atoms with Gasteiger partial charge in [-0.1, -0.05) is 0 Å². The van der Waals surface area contributed by atoms with E-state index in [9.17, 15) is 13.6 Å². The molecule has 1 saturated heterocycles. The molecule has 0 N–H and O–H groups in total. The van der Waals surface area contributed by atoms with Crippen LogP contribution in [-0.4, -0.2) is 46.2 Å². The molecule has 1 atom stereocenters. The molecule has 4 rings (SSSR count). The Hall–Kier alpha value is -2.06. The average Bonchev–Trinajstić information content (AvgIpc) is 3.17. The highest BCUT2D eigenvalue weighted by Gasteiger charge is 2.30. The number of amides is 1. The Morgan fingerprint density at radius 3 is 2.56 bits per heavy atom. The number of imidazole rings is 1. The quantitative estimate of drug-likeness (QED) is 0.753. The Balaban J connectivity index is 1.59. The van der Waals surface area contributed by atoms with E-state index in [1.165, 1.54) is 12.1 Å². The van der Waals surface area contributed by atoms with Crippen LogP contribution in [0.25, 0.3) is 0 Å². The zero-order valence-corrected chi connectivity index (χ0v) is 15.9. The number of carbonyl (C=O) groups excluding carboxylic acids is 1. The predicted molar refractivity (Wildman–Crippen MR) is 98.1 cm³/mol. The van der Waals surface area contributed by atoms with E-state index in [0.717, 1.165) is 17.5 Å². The fourth-order valence-corrected chi connectivity index (χ4v) is 4.31. The molecule has 8 heteroatoms. The van der Waals surface area contributed by atoms with Crippen LogP contribution < -0.4 is 0 Å². The van der Waals surface area contributed by atoms with E-state index in [0.29, 0.717) is 49.6 Å². The molecule has 0 radical (unpaired) electrons. The molecule has 3 heterocycles. The summed E-state index contributed by atoms with van der Waals surface area (Å²) in [4.78, 5) is 14.5. The summed E-state index contributed by atoms with van der Waals surface area (Å²) in [6.45, 7) is 2.89. The molecule has 27 heavy (non-hydrogen) atoms. The Morgan fingerprint density at radius 1 is 1.22 bits per heavy atom. The summed E-state index contributed by atoms with van der Waals surface area (Å²) >= 11 is 5.54. The van der Waals surface area contributed by atoms with Crippen LogP contribution in [0.2, 0.25) is 0 Å². The maximum Gasteiger partial charge on any atom is 0.228 e. The number of hydrogen-bond donors (Lipinski definition) is 0. The number of carbonyl (C=O) groups is 1. The number of fused-ring (bicyclic) bond motifs is 1. The molecule has 0 aliphatic carbocycles. The number of rotatable bonds is 3. The second-order valence-electron chi connectivity index (χ2n) is 7.12. The van der Waals surface area contributed by atoms with Gasteiger partial charge in [0.15, 0.2) is 4.77 Å². The van der Waals surface area contributed by atoms with Crippen LogP contribution in [0.5, 0.6) is 0 Å². The highest BCUT2D eigenvalue weighted by atomic mass is 32.1. The Kier molecular flexibility index (Phi) is 4.86. The number of hydrogen-bond acceptors (Lipinski definition) is 3. The van der Waals surface area contributed by atoms with E-state index in [1.807, 2.05) is 21.1 Å². The number of aromatic nitrogens is 2. The van der Waals surface area contributed by atoms with Gasteiger partial charge < -0.3 is 18.8 Å². The summed E-state index contributed by atoms with van der Waals surface area (Å²) in [6.07, 6.45) is 0.881. The second kappa shape index (κ2) is 7.16. The predicted octanol–water partition coefficient (Wildman–Crippen LogP) is 2.58. The van der Waals surface area contributed by atoms with Gasteiger partial charge in [-0.05, 0) is 36.3 Å². The summed E-state index contributed by atoms with van der Waals surface area (Å²) in [5, 5.41) is 0. The molecule has 0 spiro atoms. The molecule has 0 bridgehead atoms. The summed E-state index contributed by atoms with van der Waals surface area (Å²) in [6, 6.07) is 3.63. The van der Waals surface area contributed by atoms with Crippen LogP contribution in [-0.2, 0) is 36.0 Å². The monoisotopic (exact) mass is 393 g/mol. The third kappa shape index (κ3) is 3.43. The molecule has 2 aliphatic rings. The van der Waals surface area contributed by atoms with Crippen molar-refractivity contribution in [3.8, 4) is 0 Å². The first kappa shape index (κ1) is 18.3. The minimum absolute atomic E-state index is 0.0506. The van der Waals surface area contributed by atoms with E-state index >= 15 is 0 Å². The summed E-state index contributed by atoms with van der Waals surface area (Å²) in [5.41, 5.74) is 2.49. The zero-order valence-electron chi connectivity index (χ0n) is 15.1. The first-order valence-electron chi connectivity index (χ1n) is 9.03. The Bertz CT molecular complexity index is 927. The van der Waals surface area contributed by atoms with Crippen molar-refractivity contribution < 1.29 is 18.3 Å². The Morgan fingerprint density at radius 2 is 1.89 bits per heavy atom. The smallest absolute Gasteiger partial charge is 0.228 e. The van der Waals surface area contributed by atoms with Gasteiger partial charge in [0.1, 0.15) is 11.6 Å². The summed E-state index contributed by atoms with van der Waals surface area (Å²) in [5.74, 6) is -1.15. The molecule has 1 fully saturated rings. The number of nitrogens with zero attached hydrogens (tertiary/aromatic N) is 3. The minimum Gasteiger partial charge on any atom is -0.378 e. The van der Waals surface area contributed by atoms with Crippen LogP contribution in [0.1, 0.15) is 22.9 Å². The van der Waals surface area contributed by atoms with E-state index in [2.05, 4.69) is 0 Å². The lowest BCUT2D eigenvalue weighted by atomic mass is 9.96.